The number of nitrogens with one attached hydrogen (secondary N) is 5. The molecule has 0 radical (unpaired) electrons. The zero-order chi connectivity index (χ0) is 46.8. The van der Waals surface area contributed by atoms with Crippen molar-refractivity contribution < 1.29 is 53.1 Å². The molecule has 63 heavy (non-hydrogen) atoms. The first-order chi connectivity index (χ1) is 29.5. The molecule has 1 aromatic heterocycles. The van der Waals surface area contributed by atoms with Crippen LogP contribution in [0.3, 0.4) is 0 Å². The van der Waals surface area contributed by atoms with E-state index in [1.165, 1.54) is 6.20 Å². The third-order valence-corrected chi connectivity index (χ3v) is 11.9. The minimum atomic E-state index is -1.59. The van der Waals surface area contributed by atoms with Crippen molar-refractivity contribution in [3.63, 3.8) is 0 Å². The van der Waals surface area contributed by atoms with E-state index in [0.717, 1.165) is 68.5 Å². The molecule has 7 amide bonds. The summed E-state index contributed by atoms with van der Waals surface area (Å²) in [5, 5.41) is 22.9. The van der Waals surface area contributed by atoms with E-state index >= 15 is 0 Å². The molecule has 4 unspecified atom stereocenters. The van der Waals surface area contributed by atoms with Crippen LogP contribution in [0.2, 0.25) is 0 Å². The molecule has 346 valence electrons. The Labute approximate surface area is 367 Å². The van der Waals surface area contributed by atoms with Crippen LogP contribution in [-0.4, -0.2) is 116 Å². The number of carbonyl (C=O) groups excluding carboxylic acids is 9. The lowest BCUT2D eigenvalue weighted by Gasteiger charge is -2.37. The Kier molecular flexibility index (Phi) is 17.1. The van der Waals surface area contributed by atoms with Crippen LogP contribution < -0.4 is 32.3 Å². The Bertz CT molecular complexity index is 1930. The number of likely N-dealkylation sites (tertiary alicyclic amines) is 1. The van der Waals surface area contributed by atoms with E-state index in [1.807, 2.05) is 0 Å². The molecule has 1 aromatic rings. The van der Waals surface area contributed by atoms with Gasteiger partial charge in [0.15, 0.2) is 5.78 Å². The summed E-state index contributed by atoms with van der Waals surface area (Å²) in [5.74, 6) is -9.01. The van der Waals surface area contributed by atoms with Crippen molar-refractivity contribution in [1.82, 2.24) is 36.5 Å². The minimum Gasteiger partial charge on any atom is -0.478 e. The molecule has 19 nitrogen and oxygen atoms in total. The first-order valence-corrected chi connectivity index (χ1v) is 21.8. The number of hydrogen-bond donors (Lipinski definition) is 7. The number of nitrogens with zero attached hydrogens (tertiary/aromatic N) is 2. The van der Waals surface area contributed by atoms with Gasteiger partial charge >= 0.3 is 5.97 Å². The molecule has 0 aromatic carbocycles. The van der Waals surface area contributed by atoms with Crippen LogP contribution in [0.4, 0.5) is 0 Å². The molecule has 2 heterocycles. The monoisotopic (exact) mass is 880 g/mol. The summed E-state index contributed by atoms with van der Waals surface area (Å²) in [4.78, 5) is 138. The van der Waals surface area contributed by atoms with Crippen LogP contribution in [0.15, 0.2) is 18.5 Å². The number of aromatic nitrogens is 1. The minimum absolute atomic E-state index is 0.146. The number of aromatic carboxylic acids is 1. The number of carboxylic acids is 1. The largest absolute Gasteiger partial charge is 0.478 e. The van der Waals surface area contributed by atoms with Gasteiger partial charge in [0.2, 0.25) is 35.3 Å². The van der Waals surface area contributed by atoms with E-state index in [0.29, 0.717) is 12.8 Å². The predicted octanol–water partition coefficient (Wildman–Crippen LogP) is 1.46. The first kappa shape index (κ1) is 49.9. The molecular formula is C44H64N8O11. The molecule has 0 spiro atoms. The number of rotatable bonds is 17. The molecule has 8 N–H and O–H groups in total. The molecule has 19 heteroatoms. The molecule has 3 fully saturated rings. The zero-order valence-electron chi connectivity index (χ0n) is 37.2. The molecule has 1 saturated heterocycles. The fraction of sp³-hybridized carbons (Fsp3) is 0.659. The first-order valence-electron chi connectivity index (χ1n) is 21.8. The Hall–Kier alpha value is -5.75. The van der Waals surface area contributed by atoms with Gasteiger partial charge < -0.3 is 42.3 Å². The maximum Gasteiger partial charge on any atom is 0.338 e. The van der Waals surface area contributed by atoms with E-state index in [1.54, 1.807) is 41.5 Å². The summed E-state index contributed by atoms with van der Waals surface area (Å²) < 4.78 is 0. The average molecular weight is 881 g/mol. The molecule has 0 bridgehead atoms. The van der Waals surface area contributed by atoms with Crippen molar-refractivity contribution in [1.29, 1.82) is 0 Å². The average Bonchev–Trinajstić information content (AvgIpc) is 3.62. The van der Waals surface area contributed by atoms with E-state index in [-0.39, 0.29) is 23.8 Å². The van der Waals surface area contributed by atoms with Crippen LogP contribution in [0.1, 0.15) is 146 Å². The molecule has 3 aliphatic rings. The number of amides is 7. The van der Waals surface area contributed by atoms with Gasteiger partial charge in [-0.15, -0.1) is 0 Å². The van der Waals surface area contributed by atoms with E-state index < -0.39 is 125 Å². The number of carboxylic acid groups (broad SMARTS) is 1. The van der Waals surface area contributed by atoms with Crippen LogP contribution in [-0.2, 0) is 38.4 Å². The maximum atomic E-state index is 14.6. The number of nitrogens with two attached hydrogens (primary N) is 1. The second-order valence-electron chi connectivity index (χ2n) is 19.1. The lowest BCUT2D eigenvalue weighted by molar-refractivity contribution is -0.145. The van der Waals surface area contributed by atoms with Gasteiger partial charge in [0.1, 0.15) is 30.2 Å². The van der Waals surface area contributed by atoms with Gasteiger partial charge in [0.25, 0.3) is 11.8 Å². The van der Waals surface area contributed by atoms with Crippen molar-refractivity contribution in [3.05, 3.63) is 29.6 Å². The van der Waals surface area contributed by atoms with E-state index in [2.05, 4.69) is 31.6 Å². The molecule has 2 aliphatic carbocycles. The Morgan fingerprint density at radius 3 is 1.92 bits per heavy atom. The highest BCUT2D eigenvalue weighted by molar-refractivity contribution is 6.36. The summed E-state index contributed by atoms with van der Waals surface area (Å²) >= 11 is 0. The van der Waals surface area contributed by atoms with Gasteiger partial charge in [-0.25, -0.2) is 4.79 Å². The van der Waals surface area contributed by atoms with Gasteiger partial charge in [0, 0.05) is 30.8 Å². The van der Waals surface area contributed by atoms with Gasteiger partial charge in [-0.2, -0.15) is 0 Å². The highest BCUT2D eigenvalue weighted by Crippen LogP contribution is 2.30. The molecule has 4 rings (SSSR count). The Balaban J connectivity index is 1.59. The number of Topliss-reactive ketones (excluding diaryl/α,β-unsaturated/α-hetero) is 2. The summed E-state index contributed by atoms with van der Waals surface area (Å²) in [6, 6.07) is -5.30. The third-order valence-electron chi connectivity index (χ3n) is 11.9. The SMILES string of the molecule is CC(C)(C)NC(=O)C(=O)CCC(NC(=O)c1ccncc1C(=O)O)C(=O)NC(C(=O)N1CC(=O)C[C@H]1C(=O)NC(C(=O)NC(C(N)=O)C1CCCCC1)C1CCCCC1)C(C)(C)C. The molecule has 5 atom stereocenters. The summed E-state index contributed by atoms with van der Waals surface area (Å²) in [6.45, 7) is 9.39. The maximum absolute atomic E-state index is 14.6. The molecular weight excluding hydrogens is 817 g/mol. The standard InChI is InChI=1S/C44H64N8O11/c1-43(2,3)34(50-37(57)29(17-18-31(54)39(59)51-44(4,5)6)47-36(56)27-19-20-46-22-28(27)42(62)63)41(61)52-23-26(53)21-30(52)38(58)49-33(25-15-11-8-12-16-25)40(60)48-32(35(45)55)24-13-9-7-10-14-24/h19-20,22,24-25,29-30,32-34H,7-18,21,23H2,1-6H3,(H2,45,55)(H,47,56)(H,48,60)(H,49,58)(H,50,57)(H,51,59)(H,62,63)/t29?,30-,32?,33?,34?/m0/s1. The van der Waals surface area contributed by atoms with Crippen molar-refractivity contribution >= 4 is 58.9 Å². The smallest absolute Gasteiger partial charge is 0.338 e. The molecule has 2 saturated carbocycles. The highest BCUT2D eigenvalue weighted by atomic mass is 16.4. The van der Waals surface area contributed by atoms with Crippen LogP contribution in [0, 0.1) is 17.3 Å². The summed E-state index contributed by atoms with van der Waals surface area (Å²) in [7, 11) is 0. The normalized spacial score (nSPS) is 19.4. The lowest BCUT2D eigenvalue weighted by Crippen LogP contribution is -2.62. The fourth-order valence-corrected chi connectivity index (χ4v) is 8.53. The van der Waals surface area contributed by atoms with Crippen molar-refractivity contribution in [2.75, 3.05) is 6.54 Å². The van der Waals surface area contributed by atoms with Gasteiger partial charge in [-0.05, 0) is 76.2 Å². The number of ketones is 2. The van der Waals surface area contributed by atoms with Crippen molar-refractivity contribution in [2.45, 2.75) is 161 Å². The number of pyridine rings is 1. The zero-order valence-corrected chi connectivity index (χ0v) is 37.2. The highest BCUT2D eigenvalue weighted by Gasteiger charge is 2.46. The van der Waals surface area contributed by atoms with Crippen LogP contribution >= 0.6 is 0 Å². The van der Waals surface area contributed by atoms with E-state index in [4.69, 9.17) is 5.73 Å². The van der Waals surface area contributed by atoms with Crippen molar-refractivity contribution in [3.8, 4) is 0 Å². The fourth-order valence-electron chi connectivity index (χ4n) is 8.53. The third kappa shape index (κ3) is 13.9. The topological polar surface area (TPSA) is 293 Å². The lowest BCUT2D eigenvalue weighted by atomic mass is 9.81. The second kappa shape index (κ2) is 21.6. The Morgan fingerprint density at radius 2 is 1.38 bits per heavy atom. The predicted molar refractivity (Wildman–Crippen MR) is 227 cm³/mol. The van der Waals surface area contributed by atoms with Gasteiger partial charge in [-0.3, -0.25) is 48.1 Å². The second-order valence-corrected chi connectivity index (χ2v) is 19.1. The van der Waals surface area contributed by atoms with Gasteiger partial charge in [-0.1, -0.05) is 59.3 Å². The van der Waals surface area contributed by atoms with E-state index in [9.17, 15) is 53.1 Å². The molecule has 1 aliphatic heterocycles. The number of hydrogen-bond acceptors (Lipinski definition) is 11. The summed E-state index contributed by atoms with van der Waals surface area (Å²) in [5.41, 5.74) is 3.11. The quantitative estimate of drug-likeness (QED) is 0.110. The number of carbonyl (C=O) groups is 10. The van der Waals surface area contributed by atoms with Crippen LogP contribution in [0.5, 0.6) is 0 Å². The van der Waals surface area contributed by atoms with Crippen molar-refractivity contribution in [2.24, 2.45) is 23.0 Å². The van der Waals surface area contributed by atoms with Gasteiger partial charge in [0.05, 0.1) is 17.7 Å². The summed E-state index contributed by atoms with van der Waals surface area (Å²) in [6.07, 6.45) is 8.85. The van der Waals surface area contributed by atoms with Crippen LogP contribution in [0.25, 0.3) is 0 Å². The Morgan fingerprint density at radius 1 is 0.794 bits per heavy atom. The number of primary amides is 1.